The second kappa shape index (κ2) is 4.58. The lowest BCUT2D eigenvalue weighted by Crippen LogP contribution is -1.90. The third kappa shape index (κ3) is 2.34. The summed E-state index contributed by atoms with van der Waals surface area (Å²) in [6.45, 7) is 1.39. The van der Waals surface area contributed by atoms with Crippen molar-refractivity contribution in [2.24, 2.45) is 0 Å². The second-order valence-corrected chi connectivity index (χ2v) is 4.45. The maximum atomic E-state index is 13.0. The van der Waals surface area contributed by atoms with Crippen molar-refractivity contribution in [3.8, 4) is 6.07 Å². The van der Waals surface area contributed by atoms with Gasteiger partial charge in [-0.2, -0.15) is 5.26 Å². The highest BCUT2D eigenvalue weighted by Gasteiger charge is 2.12. The molecule has 72 valence electrons. The maximum Gasteiger partial charge on any atom is 0.190 e. The Labute approximate surface area is 93.2 Å². The maximum absolute atomic E-state index is 13.0. The lowest BCUT2D eigenvalue weighted by Gasteiger charge is -2.03. The van der Waals surface area contributed by atoms with E-state index in [1.807, 2.05) is 6.07 Å². The number of carbonyl (C=O) groups is 1. The predicted octanol–water partition coefficient (Wildman–Crippen LogP) is 3.10. The fourth-order valence-electron chi connectivity index (χ4n) is 0.877. The average Bonchev–Trinajstić information content (AvgIpc) is 2.11. The van der Waals surface area contributed by atoms with Crippen LogP contribution in [0.4, 0.5) is 4.39 Å². The van der Waals surface area contributed by atoms with E-state index in [2.05, 4.69) is 15.9 Å². The Kier molecular flexibility index (Phi) is 3.67. The summed E-state index contributed by atoms with van der Waals surface area (Å²) in [5, 5.41) is 8.63. The monoisotopic (exact) mass is 273 g/mol. The molecule has 0 amide bonds. The lowest BCUT2D eigenvalue weighted by atomic mass is 10.2. The minimum absolute atomic E-state index is 0.103. The summed E-state index contributed by atoms with van der Waals surface area (Å²) >= 11 is 3.87. The van der Waals surface area contributed by atoms with Crippen LogP contribution in [0.2, 0.25) is 0 Å². The molecule has 1 rings (SSSR count). The quantitative estimate of drug-likeness (QED) is 0.739. The topological polar surface area (TPSA) is 40.9 Å². The van der Waals surface area contributed by atoms with E-state index in [0.29, 0.717) is 4.90 Å². The van der Waals surface area contributed by atoms with Gasteiger partial charge in [0.05, 0.1) is 10.0 Å². The van der Waals surface area contributed by atoms with E-state index in [-0.39, 0.29) is 15.2 Å². The molecule has 0 fully saturated rings. The van der Waals surface area contributed by atoms with Crippen LogP contribution in [0.1, 0.15) is 12.5 Å². The molecule has 0 saturated carbocycles. The zero-order valence-electron chi connectivity index (χ0n) is 7.17. The SMILES string of the molecule is CC(=O)Sc1ccc(F)c(Br)c1C#N. The molecular weight excluding hydrogens is 269 g/mol. The van der Waals surface area contributed by atoms with E-state index < -0.39 is 5.82 Å². The van der Waals surface area contributed by atoms with Gasteiger partial charge in [-0.3, -0.25) is 4.79 Å². The van der Waals surface area contributed by atoms with E-state index >= 15 is 0 Å². The summed E-state index contributed by atoms with van der Waals surface area (Å²) in [7, 11) is 0. The minimum atomic E-state index is -0.505. The van der Waals surface area contributed by atoms with E-state index in [4.69, 9.17) is 5.26 Å². The van der Waals surface area contributed by atoms with Crippen LogP contribution in [0.5, 0.6) is 0 Å². The first-order valence-corrected chi connectivity index (χ1v) is 5.23. The zero-order chi connectivity index (χ0) is 10.7. The van der Waals surface area contributed by atoms with Gasteiger partial charge in [0.2, 0.25) is 0 Å². The van der Waals surface area contributed by atoms with Gasteiger partial charge in [0, 0.05) is 11.8 Å². The molecule has 0 unspecified atom stereocenters. The molecule has 2 nitrogen and oxygen atoms in total. The third-order valence-corrected chi connectivity index (χ3v) is 3.04. The van der Waals surface area contributed by atoms with Crippen molar-refractivity contribution >= 4 is 32.8 Å². The number of hydrogen-bond donors (Lipinski definition) is 0. The number of rotatable bonds is 1. The molecule has 1 aromatic carbocycles. The fraction of sp³-hybridized carbons (Fsp3) is 0.111. The Morgan fingerprint density at radius 2 is 2.29 bits per heavy atom. The number of carbonyl (C=O) groups excluding carboxylic acids is 1. The van der Waals surface area contributed by atoms with Gasteiger partial charge in [-0.25, -0.2) is 4.39 Å². The van der Waals surface area contributed by atoms with E-state index in [1.54, 1.807) is 0 Å². The van der Waals surface area contributed by atoms with Crippen LogP contribution in [0, 0.1) is 17.1 Å². The standard InChI is InChI=1S/C9H5BrFNOS/c1-5(13)14-8-3-2-7(11)9(10)6(8)4-12/h2-3H,1H3. The highest BCUT2D eigenvalue weighted by atomic mass is 79.9. The molecule has 0 aliphatic rings. The Morgan fingerprint density at radius 3 is 2.79 bits per heavy atom. The second-order valence-electron chi connectivity index (χ2n) is 2.44. The van der Waals surface area contributed by atoms with Crippen molar-refractivity contribution in [3.63, 3.8) is 0 Å². The molecule has 1 aromatic rings. The van der Waals surface area contributed by atoms with E-state index in [9.17, 15) is 9.18 Å². The van der Waals surface area contributed by atoms with Gasteiger partial charge >= 0.3 is 0 Å². The van der Waals surface area contributed by atoms with E-state index in [0.717, 1.165) is 11.8 Å². The Hall–Kier alpha value is -0.860. The first-order valence-electron chi connectivity index (χ1n) is 3.62. The van der Waals surface area contributed by atoms with Gasteiger partial charge < -0.3 is 0 Å². The molecule has 14 heavy (non-hydrogen) atoms. The summed E-state index contributed by atoms with van der Waals surface area (Å²) < 4.78 is 13.1. The number of nitrogens with zero attached hydrogens (tertiary/aromatic N) is 1. The summed E-state index contributed by atoms with van der Waals surface area (Å²) in [4.78, 5) is 11.3. The molecular formula is C9H5BrFNOS. The summed E-state index contributed by atoms with van der Waals surface area (Å²) in [6.07, 6.45) is 0. The average molecular weight is 274 g/mol. The highest BCUT2D eigenvalue weighted by Crippen LogP contribution is 2.30. The zero-order valence-corrected chi connectivity index (χ0v) is 9.58. The number of thioether (sulfide) groups is 1. The first kappa shape index (κ1) is 11.2. The Bertz CT molecular complexity index is 428. The lowest BCUT2D eigenvalue weighted by molar-refractivity contribution is -0.109. The van der Waals surface area contributed by atoms with Gasteiger partial charge in [-0.15, -0.1) is 0 Å². The highest BCUT2D eigenvalue weighted by molar-refractivity contribution is 9.10. The number of halogens is 2. The van der Waals surface area contributed by atoms with Crippen LogP contribution in [0.15, 0.2) is 21.5 Å². The van der Waals surface area contributed by atoms with Crippen molar-refractivity contribution in [2.75, 3.05) is 0 Å². The van der Waals surface area contributed by atoms with Gasteiger partial charge in [-0.05, 0) is 28.1 Å². The van der Waals surface area contributed by atoms with Gasteiger partial charge in [0.1, 0.15) is 11.9 Å². The van der Waals surface area contributed by atoms with E-state index in [1.165, 1.54) is 19.1 Å². The largest absolute Gasteiger partial charge is 0.287 e. The van der Waals surface area contributed by atoms with Crippen LogP contribution in [-0.2, 0) is 4.79 Å². The molecule has 0 spiro atoms. The smallest absolute Gasteiger partial charge is 0.190 e. The number of nitriles is 1. The molecule has 0 aliphatic heterocycles. The molecule has 5 heteroatoms. The number of benzene rings is 1. The minimum Gasteiger partial charge on any atom is -0.287 e. The summed E-state index contributed by atoms with van der Waals surface area (Å²) in [6, 6.07) is 4.49. The van der Waals surface area contributed by atoms with Crippen LogP contribution >= 0.6 is 27.7 Å². The third-order valence-electron chi connectivity index (χ3n) is 1.42. The molecule has 0 saturated heterocycles. The molecule has 0 N–H and O–H groups in total. The normalized spacial score (nSPS) is 9.57. The van der Waals surface area contributed by atoms with Crippen LogP contribution in [0.25, 0.3) is 0 Å². The van der Waals surface area contributed by atoms with Crippen molar-refractivity contribution in [1.82, 2.24) is 0 Å². The van der Waals surface area contributed by atoms with Crippen molar-refractivity contribution in [3.05, 3.63) is 28.0 Å². The molecule has 0 atom stereocenters. The van der Waals surface area contributed by atoms with Crippen LogP contribution < -0.4 is 0 Å². The molecule has 0 heterocycles. The Balaban J connectivity index is 3.26. The fourth-order valence-corrected chi connectivity index (χ4v) is 2.14. The van der Waals surface area contributed by atoms with Crippen molar-refractivity contribution < 1.29 is 9.18 Å². The molecule has 0 bridgehead atoms. The van der Waals surface area contributed by atoms with Gasteiger partial charge in [0.15, 0.2) is 5.12 Å². The molecule has 0 aliphatic carbocycles. The number of hydrogen-bond acceptors (Lipinski definition) is 3. The van der Waals surface area contributed by atoms with Crippen molar-refractivity contribution in [2.45, 2.75) is 11.8 Å². The van der Waals surface area contributed by atoms with Crippen LogP contribution in [0.3, 0.4) is 0 Å². The summed E-state index contributed by atoms with van der Waals surface area (Å²) in [5.41, 5.74) is 0.158. The van der Waals surface area contributed by atoms with Gasteiger partial charge in [0.25, 0.3) is 0 Å². The van der Waals surface area contributed by atoms with Crippen LogP contribution in [-0.4, -0.2) is 5.12 Å². The summed E-state index contributed by atoms with van der Waals surface area (Å²) in [5.74, 6) is -0.505. The molecule has 0 aromatic heterocycles. The molecule has 0 radical (unpaired) electrons. The first-order chi connectivity index (χ1) is 6.56. The van der Waals surface area contributed by atoms with Gasteiger partial charge in [-0.1, -0.05) is 11.8 Å². The predicted molar refractivity (Wildman–Crippen MR) is 55.4 cm³/mol. The van der Waals surface area contributed by atoms with Crippen molar-refractivity contribution in [1.29, 1.82) is 5.26 Å². The Morgan fingerprint density at radius 1 is 1.64 bits per heavy atom.